The fourth-order valence-corrected chi connectivity index (χ4v) is 2.26. The fraction of sp³-hybridized carbons (Fsp3) is 0.417. The average molecular weight is 264 g/mol. The maximum absolute atomic E-state index is 9.62. The predicted octanol–water partition coefficient (Wildman–Crippen LogP) is 2.17. The van der Waals surface area contributed by atoms with Crippen molar-refractivity contribution >= 4 is 16.5 Å². The smallest absolute Gasteiger partial charge is 0.206 e. The molecule has 6 heteroatoms. The zero-order valence-corrected chi connectivity index (χ0v) is 11.0. The van der Waals surface area contributed by atoms with Gasteiger partial charge in [-0.15, -0.1) is 10.2 Å². The van der Waals surface area contributed by atoms with Crippen LogP contribution in [-0.2, 0) is 0 Å². The minimum absolute atomic E-state index is 0.336. The average Bonchev–Trinajstić information content (AvgIpc) is 2.87. The van der Waals surface area contributed by atoms with Crippen LogP contribution in [0.25, 0.3) is 10.7 Å². The van der Waals surface area contributed by atoms with Crippen molar-refractivity contribution in [2.45, 2.75) is 25.9 Å². The predicted molar refractivity (Wildman–Crippen MR) is 72.5 cm³/mol. The van der Waals surface area contributed by atoms with Crippen LogP contribution in [0.5, 0.6) is 0 Å². The lowest BCUT2D eigenvalue weighted by molar-refractivity contribution is 0.176. The Morgan fingerprint density at radius 3 is 3.00 bits per heavy atom. The van der Waals surface area contributed by atoms with Gasteiger partial charge in [0, 0.05) is 12.7 Å². The molecular weight excluding hydrogens is 248 g/mol. The number of aromatic nitrogens is 3. The van der Waals surface area contributed by atoms with Gasteiger partial charge in [-0.25, -0.2) is 0 Å². The second-order valence-electron chi connectivity index (χ2n) is 3.95. The van der Waals surface area contributed by atoms with Crippen molar-refractivity contribution in [3.63, 3.8) is 0 Å². The minimum atomic E-state index is -0.336. The van der Waals surface area contributed by atoms with E-state index in [1.165, 1.54) is 11.3 Å². The van der Waals surface area contributed by atoms with Crippen molar-refractivity contribution in [1.29, 1.82) is 0 Å². The van der Waals surface area contributed by atoms with Crippen LogP contribution < -0.4 is 5.32 Å². The van der Waals surface area contributed by atoms with E-state index in [1.54, 1.807) is 6.20 Å². The van der Waals surface area contributed by atoms with E-state index in [0.29, 0.717) is 11.7 Å². The number of hydrogen-bond acceptors (Lipinski definition) is 6. The fourth-order valence-electron chi connectivity index (χ4n) is 1.53. The summed E-state index contributed by atoms with van der Waals surface area (Å²) in [5.41, 5.74) is 0.817. The number of hydrogen-bond donors (Lipinski definition) is 2. The van der Waals surface area contributed by atoms with Crippen molar-refractivity contribution in [2.24, 2.45) is 0 Å². The number of anilines is 1. The monoisotopic (exact) mass is 264 g/mol. The normalized spacial score (nSPS) is 12.3. The molecule has 0 aliphatic heterocycles. The molecule has 0 bridgehead atoms. The van der Waals surface area contributed by atoms with E-state index < -0.39 is 0 Å². The van der Waals surface area contributed by atoms with Crippen molar-refractivity contribution in [1.82, 2.24) is 15.2 Å². The second kappa shape index (κ2) is 6.42. The lowest BCUT2D eigenvalue weighted by atomic mass is 10.2. The Morgan fingerprint density at radius 2 is 2.28 bits per heavy atom. The van der Waals surface area contributed by atoms with Gasteiger partial charge in [0.2, 0.25) is 5.13 Å². The topological polar surface area (TPSA) is 70.9 Å². The van der Waals surface area contributed by atoms with Crippen LogP contribution in [0.3, 0.4) is 0 Å². The highest BCUT2D eigenvalue weighted by Gasteiger charge is 2.08. The minimum Gasteiger partial charge on any atom is -0.391 e. The van der Waals surface area contributed by atoms with Crippen LogP contribution in [0.4, 0.5) is 5.13 Å². The Hall–Kier alpha value is -1.53. The van der Waals surface area contributed by atoms with Gasteiger partial charge in [0.05, 0.1) is 6.10 Å². The molecular formula is C12H16N4OS. The van der Waals surface area contributed by atoms with Crippen LogP contribution in [0, 0.1) is 0 Å². The van der Waals surface area contributed by atoms with Gasteiger partial charge in [0.1, 0.15) is 5.69 Å². The van der Waals surface area contributed by atoms with E-state index in [-0.39, 0.29) is 6.10 Å². The summed E-state index contributed by atoms with van der Waals surface area (Å²) in [5, 5.41) is 22.3. The first-order valence-electron chi connectivity index (χ1n) is 5.96. The summed E-state index contributed by atoms with van der Waals surface area (Å²) < 4.78 is 0. The van der Waals surface area contributed by atoms with Gasteiger partial charge in [-0.2, -0.15) is 0 Å². The first-order valence-corrected chi connectivity index (χ1v) is 6.78. The molecule has 2 N–H and O–H groups in total. The number of nitrogens with zero attached hydrogens (tertiary/aromatic N) is 3. The van der Waals surface area contributed by atoms with Crippen molar-refractivity contribution < 1.29 is 5.11 Å². The molecule has 0 aromatic carbocycles. The molecule has 0 amide bonds. The van der Waals surface area contributed by atoms with Gasteiger partial charge in [-0.1, -0.05) is 30.7 Å². The Labute approximate surface area is 110 Å². The molecule has 0 fully saturated rings. The molecule has 96 valence electrons. The molecule has 2 heterocycles. The molecule has 18 heavy (non-hydrogen) atoms. The lowest BCUT2D eigenvalue weighted by Gasteiger charge is -2.08. The molecule has 0 saturated carbocycles. The Kier molecular flexibility index (Phi) is 4.60. The van der Waals surface area contributed by atoms with E-state index in [2.05, 4.69) is 20.5 Å². The highest BCUT2D eigenvalue weighted by Crippen LogP contribution is 2.24. The third-order valence-corrected chi connectivity index (χ3v) is 3.32. The van der Waals surface area contributed by atoms with Crippen LogP contribution in [-0.4, -0.2) is 32.9 Å². The van der Waals surface area contributed by atoms with Gasteiger partial charge >= 0.3 is 0 Å². The van der Waals surface area contributed by atoms with E-state index in [9.17, 15) is 5.11 Å². The van der Waals surface area contributed by atoms with E-state index in [1.807, 2.05) is 25.1 Å². The summed E-state index contributed by atoms with van der Waals surface area (Å²) >= 11 is 1.44. The lowest BCUT2D eigenvalue weighted by Crippen LogP contribution is -2.18. The maximum atomic E-state index is 9.62. The van der Waals surface area contributed by atoms with Gasteiger partial charge in [-0.3, -0.25) is 4.98 Å². The summed E-state index contributed by atoms with van der Waals surface area (Å²) in [5.74, 6) is 0. The Bertz CT molecular complexity index is 474. The van der Waals surface area contributed by atoms with Crippen LogP contribution in [0.2, 0.25) is 0 Å². The standard InChI is InChI=1S/C12H16N4OS/c1-2-5-9(17)8-14-12-16-15-11(18-12)10-6-3-4-7-13-10/h3-4,6-7,9,17H,2,5,8H2,1H3,(H,14,16). The summed E-state index contributed by atoms with van der Waals surface area (Å²) in [4.78, 5) is 4.22. The molecule has 0 spiro atoms. The number of aliphatic hydroxyl groups is 1. The number of nitrogens with one attached hydrogen (secondary N) is 1. The highest BCUT2D eigenvalue weighted by molar-refractivity contribution is 7.18. The number of aliphatic hydroxyl groups excluding tert-OH is 1. The van der Waals surface area contributed by atoms with Gasteiger partial charge < -0.3 is 10.4 Å². The molecule has 0 aliphatic carbocycles. The summed E-state index contributed by atoms with van der Waals surface area (Å²) in [7, 11) is 0. The van der Waals surface area contributed by atoms with E-state index in [0.717, 1.165) is 23.5 Å². The van der Waals surface area contributed by atoms with Crippen molar-refractivity contribution in [2.75, 3.05) is 11.9 Å². The molecule has 0 radical (unpaired) electrons. The third-order valence-electron chi connectivity index (χ3n) is 2.42. The number of pyridine rings is 1. The van der Waals surface area contributed by atoms with Crippen LogP contribution >= 0.6 is 11.3 Å². The summed E-state index contributed by atoms with van der Waals surface area (Å²) in [6.07, 6.45) is 3.16. The molecule has 2 aromatic heterocycles. The third kappa shape index (κ3) is 3.48. The van der Waals surface area contributed by atoms with Crippen LogP contribution in [0.15, 0.2) is 24.4 Å². The van der Waals surface area contributed by atoms with Crippen molar-refractivity contribution in [3.05, 3.63) is 24.4 Å². The number of rotatable bonds is 6. The maximum Gasteiger partial charge on any atom is 0.206 e. The quantitative estimate of drug-likeness (QED) is 0.836. The SMILES string of the molecule is CCCC(O)CNc1nnc(-c2ccccn2)s1. The molecule has 0 aliphatic rings. The van der Waals surface area contributed by atoms with E-state index >= 15 is 0 Å². The molecule has 2 aromatic rings. The molecule has 5 nitrogen and oxygen atoms in total. The largest absolute Gasteiger partial charge is 0.391 e. The second-order valence-corrected chi connectivity index (χ2v) is 4.93. The molecule has 0 saturated heterocycles. The summed E-state index contributed by atoms with van der Waals surface area (Å²) in [6.45, 7) is 2.55. The zero-order chi connectivity index (χ0) is 12.8. The van der Waals surface area contributed by atoms with E-state index in [4.69, 9.17) is 0 Å². The van der Waals surface area contributed by atoms with Gasteiger partial charge in [0.15, 0.2) is 5.01 Å². The summed E-state index contributed by atoms with van der Waals surface area (Å²) in [6, 6.07) is 5.68. The Morgan fingerprint density at radius 1 is 1.39 bits per heavy atom. The molecule has 1 unspecified atom stereocenters. The van der Waals surface area contributed by atoms with Crippen molar-refractivity contribution in [3.8, 4) is 10.7 Å². The van der Waals surface area contributed by atoms with Gasteiger partial charge in [0.25, 0.3) is 0 Å². The van der Waals surface area contributed by atoms with Crippen LogP contribution in [0.1, 0.15) is 19.8 Å². The Balaban J connectivity index is 1.95. The first-order chi connectivity index (χ1) is 8.79. The first kappa shape index (κ1) is 12.9. The zero-order valence-electron chi connectivity index (χ0n) is 10.2. The molecule has 2 rings (SSSR count). The highest BCUT2D eigenvalue weighted by atomic mass is 32.1. The molecule has 1 atom stereocenters. The van der Waals surface area contributed by atoms with Gasteiger partial charge in [-0.05, 0) is 18.6 Å².